The summed E-state index contributed by atoms with van der Waals surface area (Å²) in [6.45, 7) is 9.05. The smallest absolute Gasteiger partial charge is 0.306 e. The topological polar surface area (TPSA) is 78.9 Å². The molecular formula is C59H114O6. The second-order valence-electron chi connectivity index (χ2n) is 20.8. The van der Waals surface area contributed by atoms with Gasteiger partial charge in [-0.1, -0.05) is 297 Å². The monoisotopic (exact) mass is 919 g/mol. The fourth-order valence-electron chi connectivity index (χ4n) is 9.10. The average Bonchev–Trinajstić information content (AvgIpc) is 3.29. The zero-order chi connectivity index (χ0) is 47.4. The van der Waals surface area contributed by atoms with E-state index in [4.69, 9.17) is 14.2 Å². The normalized spacial score (nSPS) is 12.0. The maximum absolute atomic E-state index is 12.8. The molecule has 0 unspecified atom stereocenters. The predicted octanol–water partition coefficient (Wildman–Crippen LogP) is 19.4. The largest absolute Gasteiger partial charge is 0.462 e. The van der Waals surface area contributed by atoms with Crippen molar-refractivity contribution in [3.8, 4) is 0 Å². The number of carbonyl (C=O) groups excluding carboxylic acids is 3. The Bertz CT molecular complexity index is 980. The fraction of sp³-hybridized carbons (Fsp3) is 0.949. The lowest BCUT2D eigenvalue weighted by Gasteiger charge is -2.18. The molecule has 0 aliphatic heterocycles. The lowest BCUT2D eigenvalue weighted by atomic mass is 10.0. The standard InChI is InChI=1S/C59H114O6/c1-5-7-9-11-13-15-17-19-21-22-23-24-26-27-29-34-38-42-46-50-57(60)63-53-56(54-64-58(61)51-47-43-39-35-32-31-33-37-41-45-49-55(3)4)65-59(62)52-48-44-40-36-30-28-25-20-18-16-14-12-10-8-6-2/h55-56H,5-54H2,1-4H3/t56-/m1/s1. The number of unbranched alkanes of at least 4 members (excludes halogenated alkanes) is 41. The summed E-state index contributed by atoms with van der Waals surface area (Å²) in [5.41, 5.74) is 0. The SMILES string of the molecule is CCCCCCCCCCCCCCCCCCCCCC(=O)OC[C@H](COC(=O)CCCCCCCCCCCCC(C)C)OC(=O)CCCCCCCCCCCCCCCCC. The van der Waals surface area contributed by atoms with Gasteiger partial charge in [-0.3, -0.25) is 14.4 Å². The van der Waals surface area contributed by atoms with Gasteiger partial charge in [-0.05, 0) is 25.2 Å². The quantitative estimate of drug-likeness (QED) is 0.0344. The molecule has 0 saturated carbocycles. The molecule has 0 spiro atoms. The minimum Gasteiger partial charge on any atom is -0.462 e. The van der Waals surface area contributed by atoms with Crippen molar-refractivity contribution >= 4 is 17.9 Å². The third kappa shape index (κ3) is 53.2. The van der Waals surface area contributed by atoms with Crippen molar-refractivity contribution in [1.82, 2.24) is 0 Å². The highest BCUT2D eigenvalue weighted by Crippen LogP contribution is 2.18. The van der Waals surface area contributed by atoms with Crippen LogP contribution in [0.3, 0.4) is 0 Å². The van der Waals surface area contributed by atoms with Crippen molar-refractivity contribution in [3.63, 3.8) is 0 Å². The van der Waals surface area contributed by atoms with Crippen LogP contribution in [-0.4, -0.2) is 37.2 Å². The highest BCUT2D eigenvalue weighted by atomic mass is 16.6. The number of esters is 3. The highest BCUT2D eigenvalue weighted by Gasteiger charge is 2.19. The lowest BCUT2D eigenvalue weighted by Crippen LogP contribution is -2.30. The first-order valence-electron chi connectivity index (χ1n) is 29.4. The molecule has 0 aromatic carbocycles. The van der Waals surface area contributed by atoms with Crippen molar-refractivity contribution in [2.24, 2.45) is 5.92 Å². The summed E-state index contributed by atoms with van der Waals surface area (Å²) in [4.78, 5) is 38.1. The van der Waals surface area contributed by atoms with Gasteiger partial charge in [0.1, 0.15) is 13.2 Å². The van der Waals surface area contributed by atoms with Gasteiger partial charge in [0.25, 0.3) is 0 Å². The molecule has 1 atom stereocenters. The van der Waals surface area contributed by atoms with Gasteiger partial charge in [-0.2, -0.15) is 0 Å². The minimum atomic E-state index is -0.762. The van der Waals surface area contributed by atoms with Gasteiger partial charge in [0, 0.05) is 19.3 Å². The molecule has 0 N–H and O–H groups in total. The Morgan fingerprint density at radius 3 is 0.754 bits per heavy atom. The van der Waals surface area contributed by atoms with Crippen LogP contribution in [0.5, 0.6) is 0 Å². The van der Waals surface area contributed by atoms with Crippen LogP contribution in [0.2, 0.25) is 0 Å². The molecule has 0 rings (SSSR count). The molecule has 6 nitrogen and oxygen atoms in total. The third-order valence-electron chi connectivity index (χ3n) is 13.5. The van der Waals surface area contributed by atoms with E-state index in [-0.39, 0.29) is 31.1 Å². The number of carbonyl (C=O) groups is 3. The first-order chi connectivity index (χ1) is 31.9. The van der Waals surface area contributed by atoms with E-state index < -0.39 is 6.10 Å². The summed E-state index contributed by atoms with van der Waals surface area (Å²) in [7, 11) is 0. The maximum atomic E-state index is 12.8. The molecule has 0 aliphatic carbocycles. The van der Waals surface area contributed by atoms with Crippen LogP contribution < -0.4 is 0 Å². The van der Waals surface area contributed by atoms with Gasteiger partial charge in [0.05, 0.1) is 0 Å². The van der Waals surface area contributed by atoms with E-state index in [9.17, 15) is 14.4 Å². The molecular weight excluding hydrogens is 805 g/mol. The Morgan fingerprint density at radius 2 is 0.508 bits per heavy atom. The van der Waals surface area contributed by atoms with Crippen molar-refractivity contribution in [2.75, 3.05) is 13.2 Å². The summed E-state index contributed by atoms with van der Waals surface area (Å²) in [6, 6.07) is 0. The van der Waals surface area contributed by atoms with E-state index in [0.29, 0.717) is 19.3 Å². The summed E-state index contributed by atoms with van der Waals surface area (Å²) < 4.78 is 16.9. The molecule has 65 heavy (non-hydrogen) atoms. The van der Waals surface area contributed by atoms with E-state index in [2.05, 4.69) is 27.7 Å². The lowest BCUT2D eigenvalue weighted by molar-refractivity contribution is -0.167. The molecule has 0 aliphatic rings. The van der Waals surface area contributed by atoms with Crippen LogP contribution in [0.25, 0.3) is 0 Å². The van der Waals surface area contributed by atoms with Crippen LogP contribution in [0.4, 0.5) is 0 Å². The number of hydrogen-bond donors (Lipinski definition) is 0. The van der Waals surface area contributed by atoms with Crippen molar-refractivity contribution in [3.05, 3.63) is 0 Å². The minimum absolute atomic E-state index is 0.0619. The predicted molar refractivity (Wildman–Crippen MR) is 280 cm³/mol. The van der Waals surface area contributed by atoms with E-state index in [1.165, 1.54) is 231 Å². The second kappa shape index (κ2) is 53.4. The van der Waals surface area contributed by atoms with Crippen LogP contribution in [0.1, 0.15) is 336 Å². The van der Waals surface area contributed by atoms with Gasteiger partial charge in [-0.25, -0.2) is 0 Å². The van der Waals surface area contributed by atoms with Crippen molar-refractivity contribution in [2.45, 2.75) is 342 Å². The van der Waals surface area contributed by atoms with Crippen LogP contribution in [0, 0.1) is 5.92 Å². The summed E-state index contributed by atoms with van der Waals surface area (Å²) in [6.07, 6.45) is 58.1. The van der Waals surface area contributed by atoms with Crippen molar-refractivity contribution in [1.29, 1.82) is 0 Å². The Kier molecular flexibility index (Phi) is 52.1. The number of hydrogen-bond acceptors (Lipinski definition) is 6. The summed E-state index contributed by atoms with van der Waals surface area (Å²) in [5, 5.41) is 0. The Balaban J connectivity index is 4.27. The third-order valence-corrected chi connectivity index (χ3v) is 13.5. The number of rotatable bonds is 54. The molecule has 0 radical (unpaired) electrons. The van der Waals surface area contributed by atoms with Gasteiger partial charge >= 0.3 is 17.9 Å². The van der Waals surface area contributed by atoms with E-state index in [0.717, 1.165) is 63.7 Å². The molecule has 6 heteroatoms. The zero-order valence-corrected chi connectivity index (χ0v) is 44.5. The second-order valence-corrected chi connectivity index (χ2v) is 20.8. The molecule has 0 amide bonds. The Hall–Kier alpha value is -1.59. The maximum Gasteiger partial charge on any atom is 0.306 e. The first-order valence-corrected chi connectivity index (χ1v) is 29.4. The molecule has 0 saturated heterocycles. The molecule has 0 aromatic rings. The molecule has 0 fully saturated rings. The van der Waals surface area contributed by atoms with Gasteiger partial charge in [-0.15, -0.1) is 0 Å². The molecule has 0 bridgehead atoms. The Labute approximate surface area is 406 Å². The van der Waals surface area contributed by atoms with E-state index in [1.54, 1.807) is 0 Å². The highest BCUT2D eigenvalue weighted by molar-refractivity contribution is 5.71. The molecule has 0 heterocycles. The molecule has 386 valence electrons. The fourth-order valence-corrected chi connectivity index (χ4v) is 9.10. The molecule has 0 aromatic heterocycles. The summed E-state index contributed by atoms with van der Waals surface area (Å²) >= 11 is 0. The summed E-state index contributed by atoms with van der Waals surface area (Å²) in [5.74, 6) is -0.0170. The van der Waals surface area contributed by atoms with E-state index in [1.807, 2.05) is 0 Å². The van der Waals surface area contributed by atoms with Gasteiger partial charge in [0.2, 0.25) is 0 Å². The van der Waals surface area contributed by atoms with Gasteiger partial charge in [0.15, 0.2) is 6.10 Å². The van der Waals surface area contributed by atoms with E-state index >= 15 is 0 Å². The van der Waals surface area contributed by atoms with Crippen LogP contribution in [-0.2, 0) is 28.6 Å². The average molecular weight is 920 g/mol. The van der Waals surface area contributed by atoms with Crippen LogP contribution >= 0.6 is 0 Å². The first kappa shape index (κ1) is 63.4. The Morgan fingerprint density at radius 1 is 0.292 bits per heavy atom. The van der Waals surface area contributed by atoms with Crippen molar-refractivity contribution < 1.29 is 28.6 Å². The van der Waals surface area contributed by atoms with Crippen LogP contribution in [0.15, 0.2) is 0 Å². The zero-order valence-electron chi connectivity index (χ0n) is 44.5. The van der Waals surface area contributed by atoms with Gasteiger partial charge < -0.3 is 14.2 Å². The number of ether oxygens (including phenoxy) is 3.